The lowest BCUT2D eigenvalue weighted by molar-refractivity contribution is -0.118. The average Bonchev–Trinajstić information content (AvgIpc) is 3.12. The fraction of sp³-hybridized carbons (Fsp3) is 0.286. The van der Waals surface area contributed by atoms with Gasteiger partial charge in [0.1, 0.15) is 5.01 Å². The van der Waals surface area contributed by atoms with Crippen molar-refractivity contribution in [3.63, 3.8) is 0 Å². The third-order valence-electron chi connectivity index (χ3n) is 5.01. The van der Waals surface area contributed by atoms with Crippen LogP contribution >= 0.6 is 11.3 Å². The molecular weight excluding hydrogens is 372 g/mol. The predicted octanol–water partition coefficient (Wildman–Crippen LogP) is 3.56. The summed E-state index contributed by atoms with van der Waals surface area (Å²) in [6.07, 6.45) is 3.25. The minimum Gasteiger partial charge on any atom is -0.366 e. The summed E-state index contributed by atoms with van der Waals surface area (Å²) in [6, 6.07) is 14.9. The molecule has 0 unspecified atom stereocenters. The lowest BCUT2D eigenvalue weighted by Gasteiger charge is -2.33. The number of nitrogens with one attached hydrogen (secondary N) is 1. The van der Waals surface area contributed by atoms with Gasteiger partial charge in [0.05, 0.1) is 22.8 Å². The standard InChI is InChI=1S/C21H22N4O2S/c22-20(27)14-8-10-15(11-9-14)23-19(26)13-25-12-4-3-6-17(25)21-24-16-5-1-2-7-18(16)28-21/h1-2,5,7-11,17H,3-4,6,12-13H2,(H2,22,27)(H,23,26)/t17-/m1/s1. The number of hydrogen-bond donors (Lipinski definition) is 2. The van der Waals surface area contributed by atoms with Gasteiger partial charge >= 0.3 is 0 Å². The summed E-state index contributed by atoms with van der Waals surface area (Å²) in [5.41, 5.74) is 7.35. The topological polar surface area (TPSA) is 88.3 Å². The Morgan fingerprint density at radius 3 is 2.68 bits per heavy atom. The van der Waals surface area contributed by atoms with Gasteiger partial charge in [0, 0.05) is 11.3 Å². The van der Waals surface area contributed by atoms with E-state index in [1.807, 2.05) is 18.2 Å². The van der Waals surface area contributed by atoms with Crippen molar-refractivity contribution in [3.8, 4) is 0 Å². The van der Waals surface area contributed by atoms with Crippen molar-refractivity contribution in [2.45, 2.75) is 25.3 Å². The van der Waals surface area contributed by atoms with Gasteiger partial charge in [-0.1, -0.05) is 18.6 Å². The van der Waals surface area contributed by atoms with Gasteiger partial charge in [-0.2, -0.15) is 0 Å². The molecule has 0 aliphatic carbocycles. The van der Waals surface area contributed by atoms with E-state index in [0.717, 1.165) is 36.3 Å². The van der Waals surface area contributed by atoms with Gasteiger partial charge in [-0.15, -0.1) is 11.3 Å². The number of thiazole rings is 1. The number of fused-ring (bicyclic) bond motifs is 1. The van der Waals surface area contributed by atoms with Crippen molar-refractivity contribution in [3.05, 3.63) is 59.1 Å². The largest absolute Gasteiger partial charge is 0.366 e. The smallest absolute Gasteiger partial charge is 0.248 e. The van der Waals surface area contributed by atoms with E-state index in [9.17, 15) is 9.59 Å². The second-order valence-electron chi connectivity index (χ2n) is 6.99. The third kappa shape index (κ3) is 4.05. The number of likely N-dealkylation sites (tertiary alicyclic amines) is 1. The van der Waals surface area contributed by atoms with E-state index in [-0.39, 0.29) is 11.9 Å². The van der Waals surface area contributed by atoms with Crippen molar-refractivity contribution < 1.29 is 9.59 Å². The minimum absolute atomic E-state index is 0.0696. The number of para-hydroxylation sites is 1. The lowest BCUT2D eigenvalue weighted by atomic mass is 10.0. The highest BCUT2D eigenvalue weighted by Crippen LogP contribution is 2.35. The SMILES string of the molecule is NC(=O)c1ccc(NC(=O)CN2CCCC[C@@H]2c2nc3ccccc3s2)cc1. The van der Waals surface area contributed by atoms with Gasteiger partial charge in [0.25, 0.3) is 0 Å². The molecule has 28 heavy (non-hydrogen) atoms. The summed E-state index contributed by atoms with van der Waals surface area (Å²) in [5, 5.41) is 3.99. The molecule has 2 heterocycles. The van der Waals surface area contributed by atoms with Gasteiger partial charge in [-0.25, -0.2) is 4.98 Å². The molecule has 1 aromatic heterocycles. The number of anilines is 1. The number of nitrogens with zero attached hydrogens (tertiary/aromatic N) is 2. The third-order valence-corrected chi connectivity index (χ3v) is 6.15. The second kappa shape index (κ2) is 8.08. The Bertz CT molecular complexity index is 966. The van der Waals surface area contributed by atoms with Crippen LogP contribution in [0.15, 0.2) is 48.5 Å². The first-order valence-electron chi connectivity index (χ1n) is 9.39. The second-order valence-corrected chi connectivity index (χ2v) is 8.05. The van der Waals surface area contributed by atoms with E-state index in [0.29, 0.717) is 17.8 Å². The maximum atomic E-state index is 12.6. The molecule has 0 bridgehead atoms. The van der Waals surface area contributed by atoms with Gasteiger partial charge < -0.3 is 11.1 Å². The zero-order valence-electron chi connectivity index (χ0n) is 15.4. The molecular formula is C21H22N4O2S. The van der Waals surface area contributed by atoms with Crippen molar-refractivity contribution >= 4 is 39.1 Å². The number of primary amides is 1. The van der Waals surface area contributed by atoms with E-state index in [2.05, 4.69) is 16.3 Å². The monoisotopic (exact) mass is 394 g/mol. The van der Waals surface area contributed by atoms with Crippen molar-refractivity contribution in [2.24, 2.45) is 5.73 Å². The van der Waals surface area contributed by atoms with Gasteiger partial charge in [-0.05, 0) is 55.8 Å². The molecule has 1 aliphatic rings. The molecule has 6 nitrogen and oxygen atoms in total. The molecule has 7 heteroatoms. The Kier molecular flexibility index (Phi) is 5.36. The van der Waals surface area contributed by atoms with Crippen LogP contribution in [-0.4, -0.2) is 34.8 Å². The Morgan fingerprint density at radius 2 is 1.93 bits per heavy atom. The first-order chi connectivity index (χ1) is 13.6. The summed E-state index contributed by atoms with van der Waals surface area (Å²) in [7, 11) is 0. The molecule has 144 valence electrons. The number of carbonyl (C=O) groups is 2. The summed E-state index contributed by atoms with van der Waals surface area (Å²) in [5.74, 6) is -0.551. The fourth-order valence-corrected chi connectivity index (χ4v) is 4.73. The molecule has 3 N–H and O–H groups in total. The summed E-state index contributed by atoms with van der Waals surface area (Å²) < 4.78 is 1.18. The molecule has 1 atom stereocenters. The maximum Gasteiger partial charge on any atom is 0.248 e. The number of amides is 2. The van der Waals surface area contributed by atoms with Gasteiger partial charge in [0.2, 0.25) is 11.8 Å². The first-order valence-corrected chi connectivity index (χ1v) is 10.2. The Balaban J connectivity index is 1.45. The van der Waals surface area contributed by atoms with E-state index in [1.165, 1.54) is 4.70 Å². The number of rotatable bonds is 5. The number of piperidine rings is 1. The fourth-order valence-electron chi connectivity index (χ4n) is 3.60. The molecule has 0 spiro atoms. The highest BCUT2D eigenvalue weighted by Gasteiger charge is 2.28. The first kappa shape index (κ1) is 18.6. The zero-order valence-corrected chi connectivity index (χ0v) is 16.2. The van der Waals surface area contributed by atoms with Crippen molar-refractivity contribution in [2.75, 3.05) is 18.4 Å². The molecule has 0 radical (unpaired) electrons. The number of benzene rings is 2. The van der Waals surface area contributed by atoms with Crippen LogP contribution < -0.4 is 11.1 Å². The van der Waals surface area contributed by atoms with Crippen LogP contribution in [0.1, 0.15) is 40.7 Å². The van der Waals surface area contributed by atoms with Crippen LogP contribution in [0.5, 0.6) is 0 Å². The molecule has 0 saturated carbocycles. The average molecular weight is 394 g/mol. The molecule has 2 aromatic carbocycles. The van der Waals surface area contributed by atoms with E-state index in [1.54, 1.807) is 35.6 Å². The van der Waals surface area contributed by atoms with Crippen molar-refractivity contribution in [1.29, 1.82) is 0 Å². The van der Waals surface area contributed by atoms with Gasteiger partial charge in [0.15, 0.2) is 0 Å². The quantitative estimate of drug-likeness (QED) is 0.692. The summed E-state index contributed by atoms with van der Waals surface area (Å²) >= 11 is 1.71. The number of nitrogens with two attached hydrogens (primary N) is 1. The lowest BCUT2D eigenvalue weighted by Crippen LogP contribution is -2.39. The molecule has 1 saturated heterocycles. The normalized spacial score (nSPS) is 17.5. The van der Waals surface area contributed by atoms with E-state index < -0.39 is 5.91 Å². The Hall–Kier alpha value is -2.77. The van der Waals surface area contributed by atoms with Crippen LogP contribution in [0.4, 0.5) is 5.69 Å². The van der Waals surface area contributed by atoms with Crippen LogP contribution in [0, 0.1) is 0 Å². The molecule has 3 aromatic rings. The molecule has 4 rings (SSSR count). The summed E-state index contributed by atoms with van der Waals surface area (Å²) in [4.78, 5) is 30.8. The van der Waals surface area contributed by atoms with Crippen LogP contribution in [0.2, 0.25) is 0 Å². The van der Waals surface area contributed by atoms with Crippen LogP contribution in [0.25, 0.3) is 10.2 Å². The van der Waals surface area contributed by atoms with Crippen LogP contribution in [0.3, 0.4) is 0 Å². The Labute approximate surface area is 167 Å². The van der Waals surface area contributed by atoms with Crippen molar-refractivity contribution in [1.82, 2.24) is 9.88 Å². The van der Waals surface area contributed by atoms with E-state index >= 15 is 0 Å². The van der Waals surface area contributed by atoms with Gasteiger partial charge in [-0.3, -0.25) is 14.5 Å². The molecule has 2 amide bonds. The highest BCUT2D eigenvalue weighted by molar-refractivity contribution is 7.18. The Morgan fingerprint density at radius 1 is 1.14 bits per heavy atom. The number of hydrogen-bond acceptors (Lipinski definition) is 5. The molecule has 1 fully saturated rings. The predicted molar refractivity (Wildman–Crippen MR) is 111 cm³/mol. The molecule has 1 aliphatic heterocycles. The summed E-state index contributed by atoms with van der Waals surface area (Å²) in [6.45, 7) is 1.20. The highest BCUT2D eigenvalue weighted by atomic mass is 32.1. The minimum atomic E-state index is -0.482. The van der Waals surface area contributed by atoms with E-state index in [4.69, 9.17) is 10.7 Å². The number of aromatic nitrogens is 1. The maximum absolute atomic E-state index is 12.6. The number of carbonyl (C=O) groups excluding carboxylic acids is 2. The zero-order chi connectivity index (χ0) is 19.5. The van der Waals surface area contributed by atoms with Crippen LogP contribution in [-0.2, 0) is 4.79 Å².